The zero-order chi connectivity index (χ0) is 11.8. The van der Waals surface area contributed by atoms with E-state index >= 15 is 0 Å². The zero-order valence-electron chi connectivity index (χ0n) is 10.5. The van der Waals surface area contributed by atoms with Gasteiger partial charge in [-0.05, 0) is 37.0 Å². The lowest BCUT2D eigenvalue weighted by Gasteiger charge is -2.30. The summed E-state index contributed by atoms with van der Waals surface area (Å²) in [6, 6.07) is 8.77. The Morgan fingerprint density at radius 1 is 1.12 bits per heavy atom. The molecule has 2 heterocycles. The minimum atomic E-state index is 1.04. The Hall–Kier alpha value is -1.70. The van der Waals surface area contributed by atoms with E-state index in [4.69, 9.17) is 0 Å². The highest BCUT2D eigenvalue weighted by molar-refractivity contribution is 5.56. The number of fused-ring (bicyclic) bond motifs is 1. The fraction of sp³-hybridized carbons (Fsp3) is 0.333. The molecule has 0 amide bonds. The van der Waals surface area contributed by atoms with Gasteiger partial charge in [0.05, 0.1) is 5.69 Å². The summed E-state index contributed by atoms with van der Waals surface area (Å²) in [5, 5.41) is 0. The number of nitrogens with zero attached hydrogens (tertiary/aromatic N) is 1. The maximum atomic E-state index is 3.32. The molecule has 17 heavy (non-hydrogen) atoms. The number of nitrogens with one attached hydrogen (secondary N) is 1. The largest absolute Gasteiger partial charge is 0.365 e. The van der Waals surface area contributed by atoms with Crippen molar-refractivity contribution in [3.8, 4) is 0 Å². The number of hydrogen-bond donors (Lipinski definition) is 1. The molecule has 1 aliphatic heterocycles. The van der Waals surface area contributed by atoms with Crippen LogP contribution < -0.4 is 4.90 Å². The molecule has 1 aromatic heterocycles. The van der Waals surface area contributed by atoms with Crippen molar-refractivity contribution in [1.82, 2.24) is 4.98 Å². The molecule has 3 rings (SSSR count). The fourth-order valence-corrected chi connectivity index (χ4v) is 2.62. The molecule has 0 radical (unpaired) electrons. The van der Waals surface area contributed by atoms with Crippen LogP contribution in [0.3, 0.4) is 0 Å². The van der Waals surface area contributed by atoms with Crippen LogP contribution in [0, 0.1) is 13.8 Å². The van der Waals surface area contributed by atoms with Crippen LogP contribution >= 0.6 is 0 Å². The van der Waals surface area contributed by atoms with Gasteiger partial charge in [-0.1, -0.05) is 24.3 Å². The lowest BCUT2D eigenvalue weighted by atomic mass is 9.99. The molecular weight excluding hydrogens is 208 g/mol. The fourth-order valence-electron chi connectivity index (χ4n) is 2.62. The van der Waals surface area contributed by atoms with Crippen LogP contribution in [0.1, 0.15) is 22.4 Å². The Labute approximate surface area is 102 Å². The van der Waals surface area contributed by atoms with E-state index in [1.165, 1.54) is 28.1 Å². The predicted molar refractivity (Wildman–Crippen MR) is 71.5 cm³/mol. The van der Waals surface area contributed by atoms with Gasteiger partial charge in [0.15, 0.2) is 0 Å². The van der Waals surface area contributed by atoms with E-state index in [1.54, 1.807) is 0 Å². The number of anilines is 1. The molecule has 1 aromatic carbocycles. The van der Waals surface area contributed by atoms with Gasteiger partial charge < -0.3 is 9.88 Å². The first-order chi connectivity index (χ1) is 8.25. The van der Waals surface area contributed by atoms with Gasteiger partial charge in [0.25, 0.3) is 0 Å². The van der Waals surface area contributed by atoms with Crippen LogP contribution in [0.25, 0.3) is 0 Å². The average molecular weight is 226 g/mol. The van der Waals surface area contributed by atoms with Crippen LogP contribution in [0.5, 0.6) is 0 Å². The average Bonchev–Trinajstić information content (AvgIpc) is 2.70. The van der Waals surface area contributed by atoms with Gasteiger partial charge in [0, 0.05) is 25.0 Å². The Bertz CT molecular complexity index is 540. The van der Waals surface area contributed by atoms with Gasteiger partial charge in [0.1, 0.15) is 0 Å². The molecule has 2 aromatic rings. The van der Waals surface area contributed by atoms with Gasteiger partial charge >= 0.3 is 0 Å². The number of aryl methyl sites for hydroxylation is 1. The summed E-state index contributed by atoms with van der Waals surface area (Å²) in [5.74, 6) is 0. The van der Waals surface area contributed by atoms with Crippen LogP contribution in [0.2, 0.25) is 0 Å². The minimum Gasteiger partial charge on any atom is -0.365 e. The summed E-state index contributed by atoms with van der Waals surface area (Å²) in [6.07, 6.45) is 3.29. The smallest absolute Gasteiger partial charge is 0.0579 e. The Morgan fingerprint density at radius 2 is 1.88 bits per heavy atom. The van der Waals surface area contributed by atoms with Crippen LogP contribution in [0.15, 0.2) is 30.5 Å². The van der Waals surface area contributed by atoms with E-state index in [9.17, 15) is 0 Å². The van der Waals surface area contributed by atoms with E-state index in [1.807, 2.05) is 0 Å². The molecule has 0 atom stereocenters. The SMILES string of the molecule is Cc1[nH]cc(N2CCc3ccccc3C2)c1C. The van der Waals surface area contributed by atoms with Crippen molar-refractivity contribution < 1.29 is 0 Å². The molecule has 0 bridgehead atoms. The van der Waals surface area contributed by atoms with Gasteiger partial charge in [-0.25, -0.2) is 0 Å². The number of benzene rings is 1. The third kappa shape index (κ3) is 1.74. The molecule has 1 aliphatic rings. The zero-order valence-corrected chi connectivity index (χ0v) is 10.5. The monoisotopic (exact) mass is 226 g/mol. The third-order valence-electron chi connectivity index (χ3n) is 3.84. The normalized spacial score (nSPS) is 14.8. The van der Waals surface area contributed by atoms with Gasteiger partial charge in [-0.2, -0.15) is 0 Å². The molecular formula is C15H18N2. The molecule has 0 aliphatic carbocycles. The van der Waals surface area contributed by atoms with Crippen molar-refractivity contribution in [1.29, 1.82) is 0 Å². The van der Waals surface area contributed by atoms with Gasteiger partial charge in [-0.15, -0.1) is 0 Å². The molecule has 0 spiro atoms. The van der Waals surface area contributed by atoms with E-state index in [0.717, 1.165) is 19.5 Å². The van der Waals surface area contributed by atoms with E-state index < -0.39 is 0 Å². The maximum absolute atomic E-state index is 3.32. The standard InChI is InChI=1S/C15H18N2/c1-11-12(2)16-9-15(11)17-8-7-13-5-3-4-6-14(13)10-17/h3-6,9,16H,7-8,10H2,1-2H3. The van der Waals surface area contributed by atoms with Gasteiger partial charge in [0.2, 0.25) is 0 Å². The van der Waals surface area contributed by atoms with Crippen molar-refractivity contribution in [2.45, 2.75) is 26.8 Å². The first-order valence-electron chi connectivity index (χ1n) is 6.22. The summed E-state index contributed by atoms with van der Waals surface area (Å²) in [4.78, 5) is 5.79. The Balaban J connectivity index is 1.92. The van der Waals surface area contributed by atoms with Crippen molar-refractivity contribution in [3.05, 3.63) is 52.8 Å². The minimum absolute atomic E-state index is 1.04. The van der Waals surface area contributed by atoms with Crippen LogP contribution in [0.4, 0.5) is 5.69 Å². The number of hydrogen-bond acceptors (Lipinski definition) is 1. The number of aromatic amines is 1. The Morgan fingerprint density at radius 3 is 2.59 bits per heavy atom. The van der Waals surface area contributed by atoms with Crippen molar-refractivity contribution in [2.24, 2.45) is 0 Å². The van der Waals surface area contributed by atoms with E-state index in [-0.39, 0.29) is 0 Å². The topological polar surface area (TPSA) is 19.0 Å². The number of rotatable bonds is 1. The summed E-state index contributed by atoms with van der Waals surface area (Å²) in [7, 11) is 0. The highest BCUT2D eigenvalue weighted by atomic mass is 15.1. The van der Waals surface area contributed by atoms with Crippen molar-refractivity contribution >= 4 is 5.69 Å². The number of aromatic nitrogens is 1. The first-order valence-corrected chi connectivity index (χ1v) is 6.22. The summed E-state index contributed by atoms with van der Waals surface area (Å²) in [6.45, 7) is 6.49. The van der Waals surface area contributed by atoms with E-state index in [2.05, 4.69) is 54.2 Å². The second-order valence-corrected chi connectivity index (χ2v) is 4.86. The van der Waals surface area contributed by atoms with Crippen molar-refractivity contribution in [3.63, 3.8) is 0 Å². The maximum Gasteiger partial charge on any atom is 0.0579 e. The van der Waals surface area contributed by atoms with Crippen molar-refractivity contribution in [2.75, 3.05) is 11.4 Å². The second kappa shape index (κ2) is 3.95. The summed E-state index contributed by atoms with van der Waals surface area (Å²) >= 11 is 0. The third-order valence-corrected chi connectivity index (χ3v) is 3.84. The lowest BCUT2D eigenvalue weighted by Crippen LogP contribution is -2.30. The molecule has 2 nitrogen and oxygen atoms in total. The van der Waals surface area contributed by atoms with E-state index in [0.29, 0.717) is 0 Å². The lowest BCUT2D eigenvalue weighted by molar-refractivity contribution is 0.730. The first kappa shape index (κ1) is 10.5. The highest BCUT2D eigenvalue weighted by Crippen LogP contribution is 2.28. The molecule has 0 saturated heterocycles. The highest BCUT2D eigenvalue weighted by Gasteiger charge is 2.18. The Kier molecular flexibility index (Phi) is 2.43. The summed E-state index contributed by atoms with van der Waals surface area (Å²) < 4.78 is 0. The summed E-state index contributed by atoms with van der Waals surface area (Å²) in [5.41, 5.74) is 6.99. The van der Waals surface area contributed by atoms with Gasteiger partial charge in [-0.3, -0.25) is 0 Å². The number of H-pyrrole nitrogens is 1. The predicted octanol–water partition coefficient (Wildman–Crippen LogP) is 3.19. The molecule has 0 saturated carbocycles. The molecule has 88 valence electrons. The molecule has 1 N–H and O–H groups in total. The second-order valence-electron chi connectivity index (χ2n) is 4.86. The van der Waals surface area contributed by atoms with Crippen LogP contribution in [-0.2, 0) is 13.0 Å². The molecule has 0 fully saturated rings. The molecule has 0 unspecified atom stereocenters. The van der Waals surface area contributed by atoms with Crippen LogP contribution in [-0.4, -0.2) is 11.5 Å². The molecule has 2 heteroatoms. The quantitative estimate of drug-likeness (QED) is 0.791.